The Morgan fingerprint density at radius 3 is 2.50 bits per heavy atom. The van der Waals surface area contributed by atoms with Crippen LogP contribution < -0.4 is 19.8 Å². The van der Waals surface area contributed by atoms with Crippen LogP contribution in [-0.4, -0.2) is 57.1 Å². The standard InChI is InChI=1S/C21H23N3O4/c1-27-18-7-6-14(12-19(18)28-2)21(26)15-4-3-5-17-16(15)13-20(25)24(17)23-10-8-22-9-11-23/h3-7,12,22H,8-11,13H2,1-2H3. The van der Waals surface area contributed by atoms with Gasteiger partial charge in [-0.05, 0) is 29.8 Å². The first-order valence-electron chi connectivity index (χ1n) is 9.31. The summed E-state index contributed by atoms with van der Waals surface area (Å²) in [7, 11) is 3.09. The van der Waals surface area contributed by atoms with E-state index in [1.807, 2.05) is 12.1 Å². The number of nitrogens with one attached hydrogen (secondary N) is 1. The molecule has 1 amide bonds. The average Bonchev–Trinajstić information content (AvgIpc) is 3.09. The lowest BCUT2D eigenvalue weighted by molar-refractivity contribution is -0.120. The maximum Gasteiger partial charge on any atom is 0.246 e. The molecule has 4 rings (SSSR count). The molecule has 2 heterocycles. The summed E-state index contributed by atoms with van der Waals surface area (Å²) < 4.78 is 10.6. The second-order valence-corrected chi connectivity index (χ2v) is 6.79. The molecule has 0 aliphatic carbocycles. The lowest BCUT2D eigenvalue weighted by Crippen LogP contribution is -2.53. The van der Waals surface area contributed by atoms with E-state index in [0.717, 1.165) is 37.4 Å². The molecule has 0 bridgehead atoms. The Labute approximate surface area is 163 Å². The van der Waals surface area contributed by atoms with E-state index in [-0.39, 0.29) is 18.1 Å². The number of ether oxygens (including phenoxy) is 2. The van der Waals surface area contributed by atoms with Crippen LogP contribution in [0.3, 0.4) is 0 Å². The Balaban J connectivity index is 1.70. The monoisotopic (exact) mass is 381 g/mol. The van der Waals surface area contributed by atoms with Crippen molar-refractivity contribution in [1.29, 1.82) is 0 Å². The van der Waals surface area contributed by atoms with Gasteiger partial charge < -0.3 is 14.8 Å². The van der Waals surface area contributed by atoms with Crippen LogP contribution in [0.2, 0.25) is 0 Å². The van der Waals surface area contributed by atoms with Gasteiger partial charge in [0.2, 0.25) is 5.91 Å². The Morgan fingerprint density at radius 2 is 1.79 bits per heavy atom. The van der Waals surface area contributed by atoms with Crippen molar-refractivity contribution >= 4 is 17.4 Å². The van der Waals surface area contributed by atoms with Gasteiger partial charge in [0, 0.05) is 37.3 Å². The molecule has 1 fully saturated rings. The van der Waals surface area contributed by atoms with Gasteiger partial charge in [0.05, 0.1) is 26.3 Å². The number of carbonyl (C=O) groups excluding carboxylic acids is 2. The molecule has 0 atom stereocenters. The van der Waals surface area contributed by atoms with E-state index in [2.05, 4.69) is 10.3 Å². The Bertz CT molecular complexity index is 922. The Hall–Kier alpha value is -2.90. The second kappa shape index (κ2) is 7.61. The molecule has 146 valence electrons. The predicted octanol–water partition coefficient (Wildman–Crippen LogP) is 1.64. The average molecular weight is 381 g/mol. The van der Waals surface area contributed by atoms with Gasteiger partial charge in [-0.25, -0.2) is 10.0 Å². The third-order valence-electron chi connectivity index (χ3n) is 5.21. The van der Waals surface area contributed by atoms with Gasteiger partial charge in [-0.2, -0.15) is 0 Å². The molecule has 28 heavy (non-hydrogen) atoms. The number of hydrogen-bond donors (Lipinski definition) is 1. The van der Waals surface area contributed by atoms with E-state index in [1.54, 1.807) is 36.4 Å². The number of methoxy groups -OCH3 is 2. The fraction of sp³-hybridized carbons (Fsp3) is 0.333. The summed E-state index contributed by atoms with van der Waals surface area (Å²) in [4.78, 5) is 26.0. The highest BCUT2D eigenvalue weighted by molar-refractivity contribution is 6.14. The number of carbonyl (C=O) groups is 2. The van der Waals surface area contributed by atoms with Gasteiger partial charge >= 0.3 is 0 Å². The molecule has 2 aliphatic rings. The van der Waals surface area contributed by atoms with Gasteiger partial charge in [-0.1, -0.05) is 12.1 Å². The van der Waals surface area contributed by atoms with E-state index in [1.165, 1.54) is 7.11 Å². The molecule has 7 nitrogen and oxygen atoms in total. The summed E-state index contributed by atoms with van der Waals surface area (Å²) in [5, 5.41) is 7.08. The van der Waals surface area contributed by atoms with Crippen LogP contribution in [0.1, 0.15) is 21.5 Å². The van der Waals surface area contributed by atoms with Crippen LogP contribution >= 0.6 is 0 Å². The third kappa shape index (κ3) is 3.12. The highest BCUT2D eigenvalue weighted by Crippen LogP contribution is 2.35. The predicted molar refractivity (Wildman–Crippen MR) is 105 cm³/mol. The molecule has 0 unspecified atom stereocenters. The highest BCUT2D eigenvalue weighted by Gasteiger charge is 2.35. The number of benzene rings is 2. The second-order valence-electron chi connectivity index (χ2n) is 6.79. The van der Waals surface area contributed by atoms with Gasteiger partial charge in [0.25, 0.3) is 0 Å². The summed E-state index contributed by atoms with van der Waals surface area (Å²) in [5.74, 6) is 0.939. The number of nitrogens with zero attached hydrogens (tertiary/aromatic N) is 2. The summed E-state index contributed by atoms with van der Waals surface area (Å²) in [6.07, 6.45) is 0.231. The van der Waals surface area contributed by atoms with Gasteiger partial charge in [-0.3, -0.25) is 9.59 Å². The Kier molecular flexibility index (Phi) is 5.02. The molecule has 2 aromatic carbocycles. The zero-order chi connectivity index (χ0) is 19.7. The van der Waals surface area contributed by atoms with Crippen molar-refractivity contribution in [2.45, 2.75) is 6.42 Å². The molecule has 0 spiro atoms. The summed E-state index contributed by atoms with van der Waals surface area (Å²) in [6, 6.07) is 10.6. The molecule has 2 aliphatic heterocycles. The maximum absolute atomic E-state index is 13.2. The van der Waals surface area contributed by atoms with Gasteiger partial charge in [-0.15, -0.1) is 0 Å². The minimum Gasteiger partial charge on any atom is -0.493 e. The molecule has 0 radical (unpaired) electrons. The highest BCUT2D eigenvalue weighted by atomic mass is 16.5. The van der Waals surface area contributed by atoms with Crippen molar-refractivity contribution < 1.29 is 19.1 Å². The van der Waals surface area contributed by atoms with Crippen LogP contribution in [0.5, 0.6) is 11.5 Å². The number of rotatable bonds is 5. The number of hydrazine groups is 1. The van der Waals surface area contributed by atoms with Crippen LogP contribution in [-0.2, 0) is 11.2 Å². The largest absolute Gasteiger partial charge is 0.493 e. The van der Waals surface area contributed by atoms with Crippen molar-refractivity contribution in [2.24, 2.45) is 0 Å². The summed E-state index contributed by atoms with van der Waals surface area (Å²) in [6.45, 7) is 3.20. The van der Waals surface area contributed by atoms with Gasteiger partial charge in [0.15, 0.2) is 17.3 Å². The zero-order valence-electron chi connectivity index (χ0n) is 16.0. The quantitative estimate of drug-likeness (QED) is 0.794. The first-order chi connectivity index (χ1) is 13.6. The number of hydrogen-bond acceptors (Lipinski definition) is 6. The van der Waals surface area contributed by atoms with Crippen LogP contribution in [0.4, 0.5) is 5.69 Å². The number of ketones is 1. The maximum atomic E-state index is 13.2. The lowest BCUT2D eigenvalue weighted by Gasteiger charge is -2.35. The van der Waals surface area contributed by atoms with E-state index >= 15 is 0 Å². The molecule has 0 saturated carbocycles. The fourth-order valence-electron chi connectivity index (χ4n) is 3.83. The molecule has 2 aromatic rings. The zero-order valence-corrected chi connectivity index (χ0v) is 16.0. The van der Waals surface area contributed by atoms with Crippen LogP contribution in [0.15, 0.2) is 36.4 Å². The van der Waals surface area contributed by atoms with Crippen molar-refractivity contribution in [2.75, 3.05) is 45.4 Å². The minimum absolute atomic E-state index is 0.00413. The summed E-state index contributed by atoms with van der Waals surface area (Å²) >= 11 is 0. The van der Waals surface area contributed by atoms with Crippen LogP contribution in [0.25, 0.3) is 0 Å². The smallest absolute Gasteiger partial charge is 0.246 e. The molecular formula is C21H23N3O4. The third-order valence-corrected chi connectivity index (χ3v) is 5.21. The fourth-order valence-corrected chi connectivity index (χ4v) is 3.83. The molecule has 7 heteroatoms. The lowest BCUT2D eigenvalue weighted by atomic mass is 9.96. The molecule has 1 saturated heterocycles. The number of amides is 1. The topological polar surface area (TPSA) is 71.1 Å². The van der Waals surface area contributed by atoms with Crippen LogP contribution in [0, 0.1) is 0 Å². The number of anilines is 1. The normalized spacial score (nSPS) is 16.8. The van der Waals surface area contributed by atoms with Crippen molar-refractivity contribution in [3.63, 3.8) is 0 Å². The summed E-state index contributed by atoms with van der Waals surface area (Å²) in [5.41, 5.74) is 2.64. The number of fused-ring (bicyclic) bond motifs is 1. The van der Waals surface area contributed by atoms with E-state index in [9.17, 15) is 9.59 Å². The van der Waals surface area contributed by atoms with Gasteiger partial charge in [0.1, 0.15) is 0 Å². The van der Waals surface area contributed by atoms with E-state index in [0.29, 0.717) is 22.6 Å². The van der Waals surface area contributed by atoms with Crippen molar-refractivity contribution in [3.8, 4) is 11.5 Å². The molecule has 0 aromatic heterocycles. The molecule has 1 N–H and O–H groups in total. The van der Waals surface area contributed by atoms with E-state index < -0.39 is 0 Å². The number of piperazine rings is 1. The SMILES string of the molecule is COc1ccc(C(=O)c2cccc3c2CC(=O)N3N2CCNCC2)cc1OC. The Morgan fingerprint density at radius 1 is 1.04 bits per heavy atom. The molecular weight excluding hydrogens is 358 g/mol. The first kappa shape index (κ1) is 18.5. The minimum atomic E-state index is -0.132. The van der Waals surface area contributed by atoms with E-state index in [4.69, 9.17) is 9.47 Å². The van der Waals surface area contributed by atoms with Crippen molar-refractivity contribution in [1.82, 2.24) is 10.3 Å². The van der Waals surface area contributed by atoms with Crippen molar-refractivity contribution in [3.05, 3.63) is 53.1 Å². The first-order valence-corrected chi connectivity index (χ1v) is 9.31.